The molecule has 0 aromatic carbocycles. The third-order valence-corrected chi connectivity index (χ3v) is 2.70. The van der Waals surface area contributed by atoms with E-state index in [0.29, 0.717) is 17.0 Å². The molecule has 1 atom stereocenters. The smallest absolute Gasteiger partial charge is 0.305 e. The number of amides is 1. The van der Waals surface area contributed by atoms with Crippen molar-refractivity contribution in [3.8, 4) is 0 Å². The van der Waals surface area contributed by atoms with Crippen LogP contribution >= 0.6 is 0 Å². The summed E-state index contributed by atoms with van der Waals surface area (Å²) in [4.78, 5) is 24.1. The highest BCUT2D eigenvalue weighted by atomic mass is 16.5. The predicted molar refractivity (Wildman–Crippen MR) is 59.8 cm³/mol. The summed E-state index contributed by atoms with van der Waals surface area (Å²) in [5.74, 6) is -0.757. The second-order valence-corrected chi connectivity index (χ2v) is 4.06. The molecule has 0 aliphatic rings. The van der Waals surface area contributed by atoms with E-state index >= 15 is 0 Å². The summed E-state index contributed by atoms with van der Waals surface area (Å²) in [5, 5.41) is 12.4. The normalized spacial score (nSPS) is 12.2. The first-order valence-electron chi connectivity index (χ1n) is 5.26. The van der Waals surface area contributed by atoms with E-state index in [1.807, 2.05) is 0 Å². The first-order valence-corrected chi connectivity index (χ1v) is 5.26. The van der Waals surface area contributed by atoms with Crippen molar-refractivity contribution in [2.24, 2.45) is 0 Å². The number of aryl methyl sites for hydroxylation is 2. The Labute approximate surface area is 99.2 Å². The molecule has 1 unspecified atom stereocenters. The molecule has 0 radical (unpaired) electrons. The second-order valence-electron chi connectivity index (χ2n) is 4.06. The summed E-state index contributed by atoms with van der Waals surface area (Å²) in [7, 11) is 1.57. The third-order valence-electron chi connectivity index (χ3n) is 2.70. The summed E-state index contributed by atoms with van der Waals surface area (Å²) in [6, 6.07) is -0.381. The van der Waals surface area contributed by atoms with Crippen LogP contribution in [0.1, 0.15) is 35.2 Å². The number of nitrogens with zero attached hydrogens (tertiary/aromatic N) is 2. The molecule has 94 valence electrons. The van der Waals surface area contributed by atoms with E-state index in [0.717, 1.165) is 0 Å². The van der Waals surface area contributed by atoms with Gasteiger partial charge in [-0.3, -0.25) is 9.59 Å². The summed E-state index contributed by atoms with van der Waals surface area (Å²) in [6.45, 7) is 5.02. The number of aromatic nitrogens is 1. The maximum Gasteiger partial charge on any atom is 0.305 e. The molecule has 1 N–H and O–H groups in total. The summed E-state index contributed by atoms with van der Waals surface area (Å²) >= 11 is 0. The molecule has 0 aliphatic carbocycles. The molecule has 0 saturated carbocycles. The Morgan fingerprint density at radius 2 is 2.06 bits per heavy atom. The van der Waals surface area contributed by atoms with Crippen LogP contribution in [-0.2, 0) is 4.79 Å². The Balaban J connectivity index is 2.87. The fourth-order valence-corrected chi connectivity index (χ4v) is 1.55. The van der Waals surface area contributed by atoms with Gasteiger partial charge in [-0.2, -0.15) is 0 Å². The van der Waals surface area contributed by atoms with Crippen LogP contribution < -0.4 is 0 Å². The number of carbonyl (C=O) groups is 2. The fraction of sp³-hybridized carbons (Fsp3) is 0.545. The molecule has 1 aromatic heterocycles. The van der Waals surface area contributed by atoms with Crippen LogP contribution in [0.25, 0.3) is 0 Å². The maximum absolute atomic E-state index is 12.1. The van der Waals surface area contributed by atoms with Crippen molar-refractivity contribution in [2.45, 2.75) is 33.2 Å². The van der Waals surface area contributed by atoms with Crippen molar-refractivity contribution in [1.29, 1.82) is 0 Å². The first-order chi connectivity index (χ1) is 7.84. The van der Waals surface area contributed by atoms with Gasteiger partial charge in [0.05, 0.1) is 12.1 Å². The minimum Gasteiger partial charge on any atom is -0.481 e. The SMILES string of the molecule is Cc1noc(C)c1C(=O)N(C)C(C)CC(=O)O. The fourth-order valence-electron chi connectivity index (χ4n) is 1.55. The standard InChI is InChI=1S/C11H16N2O4/c1-6(5-9(14)15)13(4)11(16)10-7(2)12-17-8(10)3/h6H,5H2,1-4H3,(H,14,15). The lowest BCUT2D eigenvalue weighted by Gasteiger charge is -2.23. The van der Waals surface area contributed by atoms with Gasteiger partial charge in [-0.1, -0.05) is 5.16 Å². The number of carboxylic acids is 1. The molecule has 0 aliphatic heterocycles. The van der Waals surface area contributed by atoms with E-state index in [1.165, 1.54) is 4.90 Å². The number of hydrogen-bond acceptors (Lipinski definition) is 4. The summed E-state index contributed by atoms with van der Waals surface area (Å²) < 4.78 is 4.91. The minimum absolute atomic E-state index is 0.0917. The molecular formula is C11H16N2O4. The van der Waals surface area contributed by atoms with Gasteiger partial charge < -0.3 is 14.5 Å². The first kappa shape index (κ1) is 13.2. The molecule has 6 heteroatoms. The molecule has 0 saturated heterocycles. The predicted octanol–water partition coefficient (Wildman–Crippen LogP) is 1.23. The lowest BCUT2D eigenvalue weighted by Crippen LogP contribution is -2.36. The van der Waals surface area contributed by atoms with Gasteiger partial charge in [0.15, 0.2) is 0 Å². The van der Waals surface area contributed by atoms with E-state index in [9.17, 15) is 9.59 Å². The second kappa shape index (κ2) is 4.99. The Morgan fingerprint density at radius 3 is 2.47 bits per heavy atom. The minimum atomic E-state index is -0.934. The van der Waals surface area contributed by atoms with Gasteiger partial charge in [-0.05, 0) is 20.8 Å². The number of aliphatic carboxylic acids is 1. The van der Waals surface area contributed by atoms with Gasteiger partial charge >= 0.3 is 5.97 Å². The molecule has 1 aromatic rings. The van der Waals surface area contributed by atoms with Crippen LogP contribution in [0, 0.1) is 13.8 Å². The van der Waals surface area contributed by atoms with Gasteiger partial charge in [0.1, 0.15) is 11.3 Å². The molecular weight excluding hydrogens is 224 g/mol. The number of carbonyl (C=O) groups excluding carboxylic acids is 1. The lowest BCUT2D eigenvalue weighted by molar-refractivity contribution is -0.137. The van der Waals surface area contributed by atoms with Gasteiger partial charge in [0.2, 0.25) is 0 Å². The highest BCUT2D eigenvalue weighted by Crippen LogP contribution is 2.16. The highest BCUT2D eigenvalue weighted by Gasteiger charge is 2.25. The molecule has 17 heavy (non-hydrogen) atoms. The van der Waals surface area contributed by atoms with Gasteiger partial charge in [-0.25, -0.2) is 0 Å². The molecule has 1 heterocycles. The number of rotatable bonds is 4. The Kier molecular flexibility index (Phi) is 3.88. The van der Waals surface area contributed by atoms with Crippen LogP contribution in [0.15, 0.2) is 4.52 Å². The highest BCUT2D eigenvalue weighted by molar-refractivity contribution is 5.96. The van der Waals surface area contributed by atoms with Crippen molar-refractivity contribution in [3.63, 3.8) is 0 Å². The third kappa shape index (κ3) is 2.83. The van der Waals surface area contributed by atoms with Crippen LogP contribution in [0.2, 0.25) is 0 Å². The average molecular weight is 240 g/mol. The Morgan fingerprint density at radius 1 is 1.47 bits per heavy atom. The van der Waals surface area contributed by atoms with Crippen LogP contribution in [0.5, 0.6) is 0 Å². The zero-order valence-electron chi connectivity index (χ0n) is 10.4. The summed E-state index contributed by atoms with van der Waals surface area (Å²) in [5.41, 5.74) is 0.923. The van der Waals surface area contributed by atoms with Crippen molar-refractivity contribution >= 4 is 11.9 Å². The molecule has 1 amide bonds. The molecule has 0 bridgehead atoms. The van der Waals surface area contributed by atoms with E-state index in [4.69, 9.17) is 9.63 Å². The van der Waals surface area contributed by atoms with E-state index < -0.39 is 5.97 Å². The van der Waals surface area contributed by atoms with Crippen molar-refractivity contribution in [3.05, 3.63) is 17.0 Å². The number of hydrogen-bond donors (Lipinski definition) is 1. The topological polar surface area (TPSA) is 83.6 Å². The van der Waals surface area contributed by atoms with Crippen molar-refractivity contribution in [2.75, 3.05) is 7.05 Å². The zero-order valence-corrected chi connectivity index (χ0v) is 10.4. The molecule has 0 spiro atoms. The van der Waals surface area contributed by atoms with E-state index in [1.54, 1.807) is 27.8 Å². The summed E-state index contributed by atoms with van der Waals surface area (Å²) in [6.07, 6.45) is -0.0917. The quantitative estimate of drug-likeness (QED) is 0.855. The van der Waals surface area contributed by atoms with Gasteiger partial charge in [0.25, 0.3) is 5.91 Å². The van der Waals surface area contributed by atoms with Crippen LogP contribution in [-0.4, -0.2) is 40.1 Å². The average Bonchev–Trinajstić information content (AvgIpc) is 2.55. The lowest BCUT2D eigenvalue weighted by atomic mass is 10.1. The maximum atomic E-state index is 12.1. The van der Waals surface area contributed by atoms with Crippen molar-refractivity contribution in [1.82, 2.24) is 10.1 Å². The molecule has 6 nitrogen and oxygen atoms in total. The van der Waals surface area contributed by atoms with Gasteiger partial charge in [-0.15, -0.1) is 0 Å². The largest absolute Gasteiger partial charge is 0.481 e. The van der Waals surface area contributed by atoms with Crippen LogP contribution in [0.4, 0.5) is 0 Å². The monoisotopic (exact) mass is 240 g/mol. The Hall–Kier alpha value is -1.85. The zero-order chi connectivity index (χ0) is 13.2. The molecule has 0 fully saturated rings. The van der Waals surface area contributed by atoms with E-state index in [-0.39, 0.29) is 18.4 Å². The van der Waals surface area contributed by atoms with Crippen LogP contribution in [0.3, 0.4) is 0 Å². The number of carboxylic acid groups (broad SMARTS) is 1. The van der Waals surface area contributed by atoms with Crippen molar-refractivity contribution < 1.29 is 19.2 Å². The van der Waals surface area contributed by atoms with E-state index in [2.05, 4.69) is 5.16 Å². The van der Waals surface area contributed by atoms with Gasteiger partial charge in [0, 0.05) is 13.1 Å². The Bertz CT molecular complexity index is 419. The molecule has 1 rings (SSSR count).